The summed E-state index contributed by atoms with van der Waals surface area (Å²) < 4.78 is 17.1. The van der Waals surface area contributed by atoms with E-state index in [1.165, 1.54) is 12.8 Å². The van der Waals surface area contributed by atoms with Crippen LogP contribution in [0.15, 0.2) is 24.3 Å². The number of fused-ring (bicyclic) bond motifs is 1. The first-order chi connectivity index (χ1) is 11.2. The number of rotatable bonds is 6. The molecule has 0 radical (unpaired) electrons. The molecule has 2 aliphatic heterocycles. The van der Waals surface area contributed by atoms with Gasteiger partial charge in [-0.25, -0.2) is 0 Å². The predicted molar refractivity (Wildman–Crippen MR) is 88.0 cm³/mol. The van der Waals surface area contributed by atoms with Crippen LogP contribution in [-0.2, 0) is 4.74 Å². The molecule has 0 spiro atoms. The van der Waals surface area contributed by atoms with Crippen molar-refractivity contribution in [2.24, 2.45) is 5.92 Å². The van der Waals surface area contributed by atoms with Crippen LogP contribution in [0.25, 0.3) is 0 Å². The Kier molecular flexibility index (Phi) is 7.62. The molecule has 5 nitrogen and oxygen atoms in total. The van der Waals surface area contributed by atoms with Gasteiger partial charge in [-0.3, -0.25) is 0 Å². The summed E-state index contributed by atoms with van der Waals surface area (Å²) in [6.45, 7) is 6.37. The molecule has 3 unspecified atom stereocenters. The first-order valence-corrected chi connectivity index (χ1v) is 8.57. The molecule has 1 N–H and O–H groups in total. The van der Waals surface area contributed by atoms with Crippen LogP contribution in [0.2, 0.25) is 0 Å². The van der Waals surface area contributed by atoms with Crippen molar-refractivity contribution in [2.75, 3.05) is 39.5 Å². The third kappa shape index (κ3) is 5.52. The van der Waals surface area contributed by atoms with Crippen molar-refractivity contribution in [3.63, 3.8) is 0 Å². The van der Waals surface area contributed by atoms with Crippen molar-refractivity contribution in [1.82, 2.24) is 4.90 Å². The van der Waals surface area contributed by atoms with Crippen molar-refractivity contribution < 1.29 is 31.7 Å². The number of β-amino-alcohol motifs (C(OH)–C–C–N with tert-alkyl or cyclic N) is 1. The SMILES string of the molecule is CC1CCCN(CC(O)COCC2COc3ccccc3O2)C1.[Cl-]. The van der Waals surface area contributed by atoms with Crippen LogP contribution in [0.5, 0.6) is 11.5 Å². The first-order valence-electron chi connectivity index (χ1n) is 8.57. The van der Waals surface area contributed by atoms with Gasteiger partial charge in [0.05, 0.1) is 19.3 Å². The van der Waals surface area contributed by atoms with Gasteiger partial charge < -0.3 is 36.6 Å². The van der Waals surface area contributed by atoms with Crippen LogP contribution < -0.4 is 21.9 Å². The van der Waals surface area contributed by atoms with E-state index in [4.69, 9.17) is 14.2 Å². The molecule has 0 saturated carbocycles. The lowest BCUT2D eigenvalue weighted by Gasteiger charge is -2.32. The zero-order valence-electron chi connectivity index (χ0n) is 14.2. The van der Waals surface area contributed by atoms with E-state index in [1.54, 1.807) is 0 Å². The minimum Gasteiger partial charge on any atom is -1.00 e. The normalized spacial score (nSPS) is 24.9. The summed E-state index contributed by atoms with van der Waals surface area (Å²) in [6.07, 6.45) is 1.95. The molecule has 1 aromatic carbocycles. The summed E-state index contributed by atoms with van der Waals surface area (Å²) in [7, 11) is 0. The van der Waals surface area contributed by atoms with E-state index in [9.17, 15) is 5.11 Å². The molecule has 2 aliphatic rings. The highest BCUT2D eigenvalue weighted by molar-refractivity contribution is 5.40. The number of ether oxygens (including phenoxy) is 3. The highest BCUT2D eigenvalue weighted by Gasteiger charge is 2.22. The van der Waals surface area contributed by atoms with Gasteiger partial charge in [0.25, 0.3) is 0 Å². The largest absolute Gasteiger partial charge is 1.00 e. The van der Waals surface area contributed by atoms with Crippen LogP contribution in [0.3, 0.4) is 0 Å². The Hall–Kier alpha value is -1.01. The highest BCUT2D eigenvalue weighted by Crippen LogP contribution is 2.30. The average Bonchev–Trinajstić information content (AvgIpc) is 2.55. The van der Waals surface area contributed by atoms with Crippen LogP contribution in [0.1, 0.15) is 19.8 Å². The maximum atomic E-state index is 10.1. The molecule has 0 aromatic heterocycles. The number of para-hydroxylation sites is 2. The number of aliphatic hydroxyl groups excluding tert-OH is 1. The first kappa shape index (κ1) is 19.3. The Morgan fingerprint density at radius 3 is 2.92 bits per heavy atom. The van der Waals surface area contributed by atoms with Gasteiger partial charge in [-0.2, -0.15) is 0 Å². The molecular formula is C18H27ClNO4-. The van der Waals surface area contributed by atoms with Gasteiger partial charge in [-0.15, -0.1) is 0 Å². The van der Waals surface area contributed by atoms with Crippen LogP contribution in [0.4, 0.5) is 0 Å². The van der Waals surface area contributed by atoms with E-state index in [2.05, 4.69) is 11.8 Å². The molecule has 136 valence electrons. The van der Waals surface area contributed by atoms with Crippen molar-refractivity contribution in [1.29, 1.82) is 0 Å². The molecule has 24 heavy (non-hydrogen) atoms. The molecule has 3 atom stereocenters. The third-order valence-electron chi connectivity index (χ3n) is 4.39. The molecule has 0 aliphatic carbocycles. The monoisotopic (exact) mass is 356 g/mol. The Bertz CT molecular complexity index is 502. The zero-order valence-corrected chi connectivity index (χ0v) is 15.0. The minimum absolute atomic E-state index is 0. The topological polar surface area (TPSA) is 51.2 Å². The fraction of sp³-hybridized carbons (Fsp3) is 0.667. The van der Waals surface area contributed by atoms with Crippen molar-refractivity contribution in [3.05, 3.63) is 24.3 Å². The van der Waals surface area contributed by atoms with E-state index in [1.807, 2.05) is 24.3 Å². The molecule has 0 bridgehead atoms. The second-order valence-electron chi connectivity index (χ2n) is 6.70. The smallest absolute Gasteiger partial charge is 0.161 e. The summed E-state index contributed by atoms with van der Waals surface area (Å²) in [6, 6.07) is 7.65. The van der Waals surface area contributed by atoms with Crippen LogP contribution in [-0.4, -0.2) is 61.7 Å². The molecule has 0 amide bonds. The van der Waals surface area contributed by atoms with Gasteiger partial charge in [0.15, 0.2) is 17.6 Å². The number of hydrogen-bond donors (Lipinski definition) is 1. The summed E-state index contributed by atoms with van der Waals surface area (Å²) in [4.78, 5) is 2.33. The summed E-state index contributed by atoms with van der Waals surface area (Å²) in [5.74, 6) is 2.27. The lowest BCUT2D eigenvalue weighted by Crippen LogP contribution is -3.00. The summed E-state index contributed by atoms with van der Waals surface area (Å²) in [5.41, 5.74) is 0. The second kappa shape index (κ2) is 9.47. The molecule has 1 fully saturated rings. The van der Waals surface area contributed by atoms with Crippen LogP contribution >= 0.6 is 0 Å². The van der Waals surface area contributed by atoms with E-state index in [0.29, 0.717) is 26.4 Å². The van der Waals surface area contributed by atoms with Gasteiger partial charge in [0, 0.05) is 13.1 Å². The number of halogens is 1. The maximum Gasteiger partial charge on any atom is 0.161 e. The Morgan fingerprint density at radius 2 is 2.12 bits per heavy atom. The van der Waals surface area contributed by atoms with Gasteiger partial charge >= 0.3 is 0 Å². The highest BCUT2D eigenvalue weighted by atomic mass is 35.5. The van der Waals surface area contributed by atoms with E-state index in [0.717, 1.165) is 30.5 Å². The van der Waals surface area contributed by atoms with Crippen molar-refractivity contribution in [3.8, 4) is 11.5 Å². The van der Waals surface area contributed by atoms with E-state index < -0.39 is 6.10 Å². The molecule has 1 saturated heterocycles. The maximum absolute atomic E-state index is 10.1. The molecule has 6 heteroatoms. The van der Waals surface area contributed by atoms with E-state index >= 15 is 0 Å². The van der Waals surface area contributed by atoms with Crippen molar-refractivity contribution in [2.45, 2.75) is 32.0 Å². The molecule has 2 heterocycles. The number of piperidine rings is 1. The Balaban J connectivity index is 0.00000208. The minimum atomic E-state index is -0.447. The number of nitrogens with zero attached hydrogens (tertiary/aromatic N) is 1. The number of benzene rings is 1. The number of hydrogen-bond acceptors (Lipinski definition) is 5. The van der Waals surface area contributed by atoms with Gasteiger partial charge in [-0.1, -0.05) is 19.1 Å². The fourth-order valence-corrected chi connectivity index (χ4v) is 3.28. The zero-order chi connectivity index (χ0) is 16.1. The second-order valence-corrected chi connectivity index (χ2v) is 6.70. The lowest BCUT2D eigenvalue weighted by atomic mass is 10.0. The van der Waals surface area contributed by atoms with Crippen LogP contribution in [0, 0.1) is 5.92 Å². The standard InChI is InChI=1S/C18H27NO4.ClH/c1-14-5-4-8-19(9-14)10-15(20)11-21-12-16-13-22-17-6-2-3-7-18(17)23-16;/h2-3,6-7,14-16,20H,4-5,8-13H2,1H3;1H/p-1. The Morgan fingerprint density at radius 1 is 1.33 bits per heavy atom. The van der Waals surface area contributed by atoms with Gasteiger partial charge in [-0.05, 0) is 37.4 Å². The molecule has 3 rings (SSSR count). The van der Waals surface area contributed by atoms with Crippen molar-refractivity contribution >= 4 is 0 Å². The quantitative estimate of drug-likeness (QED) is 0.704. The van der Waals surface area contributed by atoms with Gasteiger partial charge in [0.2, 0.25) is 0 Å². The number of likely N-dealkylation sites (tertiary alicyclic amines) is 1. The fourth-order valence-electron chi connectivity index (χ4n) is 3.28. The summed E-state index contributed by atoms with van der Waals surface area (Å²) in [5, 5.41) is 10.1. The van der Waals surface area contributed by atoms with E-state index in [-0.39, 0.29) is 18.5 Å². The third-order valence-corrected chi connectivity index (χ3v) is 4.39. The number of aliphatic hydroxyl groups is 1. The molecule has 1 aromatic rings. The predicted octanol–water partition coefficient (Wildman–Crippen LogP) is -1.06. The lowest BCUT2D eigenvalue weighted by molar-refractivity contribution is -0.0313. The average molecular weight is 357 g/mol. The van der Waals surface area contributed by atoms with Gasteiger partial charge in [0.1, 0.15) is 6.61 Å². The Labute approximate surface area is 150 Å². The molecular weight excluding hydrogens is 330 g/mol. The summed E-state index contributed by atoms with van der Waals surface area (Å²) >= 11 is 0.